The Morgan fingerprint density at radius 1 is 1.17 bits per heavy atom. The highest BCUT2D eigenvalue weighted by Crippen LogP contribution is 2.33. The van der Waals surface area contributed by atoms with E-state index in [0.717, 1.165) is 49.3 Å². The van der Waals surface area contributed by atoms with Crippen LogP contribution in [0.3, 0.4) is 0 Å². The van der Waals surface area contributed by atoms with Crippen molar-refractivity contribution < 1.29 is 4.79 Å². The molecule has 2 aliphatic rings. The Morgan fingerprint density at radius 3 is 2.88 bits per heavy atom. The maximum absolute atomic E-state index is 12.5. The maximum Gasteiger partial charge on any atom is 0.269 e. The minimum atomic E-state index is -0.0276. The number of hydrogen-bond acceptors (Lipinski definition) is 3. The topological polar surface area (TPSA) is 61.0 Å². The maximum atomic E-state index is 12.5. The van der Waals surface area contributed by atoms with Crippen molar-refractivity contribution in [3.63, 3.8) is 0 Å². The molecule has 0 unspecified atom stereocenters. The van der Waals surface area contributed by atoms with E-state index in [9.17, 15) is 4.79 Å². The lowest BCUT2D eigenvalue weighted by molar-refractivity contribution is 0.0940. The van der Waals surface area contributed by atoms with E-state index in [1.807, 2.05) is 6.07 Å². The summed E-state index contributed by atoms with van der Waals surface area (Å²) in [5.74, 6) is -0.0276. The summed E-state index contributed by atoms with van der Waals surface area (Å²) in [7, 11) is 0. The third kappa shape index (κ3) is 2.96. The lowest BCUT2D eigenvalue weighted by atomic mass is 9.89. The molecule has 0 spiro atoms. The number of piperidine rings is 1. The number of nitrogens with zero attached hydrogens (tertiary/aromatic N) is 2. The molecule has 1 amide bonds. The number of amides is 1. The molecule has 0 saturated carbocycles. The molecule has 5 heteroatoms. The minimum Gasteiger partial charge on any atom is -0.349 e. The van der Waals surface area contributed by atoms with Crippen LogP contribution in [0.5, 0.6) is 0 Å². The minimum absolute atomic E-state index is 0.0276. The molecule has 1 aliphatic heterocycles. The third-order valence-electron chi connectivity index (χ3n) is 5.17. The number of nitrogens with one attached hydrogen (secondary N) is 2. The molecule has 2 heterocycles. The predicted octanol–water partition coefficient (Wildman–Crippen LogP) is 2.39. The molecular weight excluding hydrogens is 300 g/mol. The zero-order valence-corrected chi connectivity index (χ0v) is 14.0. The second-order valence-corrected chi connectivity index (χ2v) is 6.74. The number of aromatic nitrogens is 2. The van der Waals surface area contributed by atoms with Crippen LogP contribution in [0.25, 0.3) is 11.3 Å². The van der Waals surface area contributed by atoms with Crippen LogP contribution in [0.4, 0.5) is 0 Å². The predicted molar refractivity (Wildman–Crippen MR) is 94.1 cm³/mol. The van der Waals surface area contributed by atoms with Crippen molar-refractivity contribution in [2.45, 2.75) is 32.1 Å². The van der Waals surface area contributed by atoms with Gasteiger partial charge in [0, 0.05) is 24.2 Å². The number of aromatic amines is 1. The Morgan fingerprint density at radius 2 is 2.00 bits per heavy atom. The van der Waals surface area contributed by atoms with Crippen molar-refractivity contribution in [1.82, 2.24) is 20.4 Å². The summed E-state index contributed by atoms with van der Waals surface area (Å²) in [6, 6.07) is 8.32. The van der Waals surface area contributed by atoms with Crippen LogP contribution in [-0.2, 0) is 12.8 Å². The van der Waals surface area contributed by atoms with Gasteiger partial charge in [0.05, 0.1) is 5.69 Å². The van der Waals surface area contributed by atoms with Crippen LogP contribution in [-0.4, -0.2) is 47.2 Å². The van der Waals surface area contributed by atoms with E-state index in [1.165, 1.54) is 24.8 Å². The van der Waals surface area contributed by atoms with Crippen LogP contribution in [0, 0.1) is 0 Å². The van der Waals surface area contributed by atoms with Gasteiger partial charge in [0.25, 0.3) is 5.91 Å². The molecule has 1 saturated heterocycles. The van der Waals surface area contributed by atoms with Gasteiger partial charge in [-0.2, -0.15) is 5.10 Å². The fourth-order valence-electron chi connectivity index (χ4n) is 3.85. The lowest BCUT2D eigenvalue weighted by Crippen LogP contribution is -2.38. The molecule has 0 bridgehead atoms. The highest BCUT2D eigenvalue weighted by atomic mass is 16.1. The summed E-state index contributed by atoms with van der Waals surface area (Å²) in [6.07, 6.45) is 5.74. The van der Waals surface area contributed by atoms with Crippen molar-refractivity contribution in [3.8, 4) is 11.3 Å². The van der Waals surface area contributed by atoms with Gasteiger partial charge in [0.2, 0.25) is 0 Å². The van der Waals surface area contributed by atoms with E-state index in [1.54, 1.807) is 0 Å². The summed E-state index contributed by atoms with van der Waals surface area (Å²) in [6.45, 7) is 3.95. The normalized spacial score (nSPS) is 17.2. The van der Waals surface area contributed by atoms with Gasteiger partial charge in [-0.05, 0) is 44.3 Å². The molecule has 0 radical (unpaired) electrons. The number of likely N-dealkylation sites (tertiary alicyclic amines) is 1. The standard InChI is InChI=1S/C19H24N4O/c24-19(20-10-13-23-11-4-1-5-12-23)18-16-9-8-14-6-2-3-7-15(14)17(16)21-22-18/h2-3,6-7H,1,4-5,8-13H2,(H,20,24)(H,21,22). The van der Waals surface area contributed by atoms with Gasteiger partial charge in [-0.15, -0.1) is 0 Å². The molecule has 1 aromatic heterocycles. The van der Waals surface area contributed by atoms with Crippen LogP contribution in [0.15, 0.2) is 24.3 Å². The first kappa shape index (κ1) is 15.4. The van der Waals surface area contributed by atoms with Gasteiger partial charge in [-0.25, -0.2) is 0 Å². The number of carbonyl (C=O) groups is 1. The number of rotatable bonds is 4. The zero-order chi connectivity index (χ0) is 16.4. The number of aryl methyl sites for hydroxylation is 1. The van der Waals surface area contributed by atoms with Crippen LogP contribution < -0.4 is 5.32 Å². The van der Waals surface area contributed by atoms with Crippen LogP contribution >= 0.6 is 0 Å². The summed E-state index contributed by atoms with van der Waals surface area (Å²) in [4.78, 5) is 15.0. The highest BCUT2D eigenvalue weighted by Gasteiger charge is 2.24. The first-order valence-electron chi connectivity index (χ1n) is 8.99. The average Bonchev–Trinajstić information content (AvgIpc) is 3.07. The average molecular weight is 324 g/mol. The second-order valence-electron chi connectivity index (χ2n) is 6.74. The highest BCUT2D eigenvalue weighted by molar-refractivity contribution is 5.96. The Labute approximate surface area is 142 Å². The molecule has 1 fully saturated rings. The number of carbonyl (C=O) groups excluding carboxylic acids is 1. The molecular formula is C19H24N4O. The van der Waals surface area contributed by atoms with E-state index in [4.69, 9.17) is 0 Å². The summed E-state index contributed by atoms with van der Waals surface area (Å²) in [5, 5.41) is 10.4. The quantitative estimate of drug-likeness (QED) is 0.908. The third-order valence-corrected chi connectivity index (χ3v) is 5.17. The molecule has 0 atom stereocenters. The van der Waals surface area contributed by atoms with E-state index in [2.05, 4.69) is 38.6 Å². The molecule has 5 nitrogen and oxygen atoms in total. The molecule has 1 aromatic carbocycles. The zero-order valence-electron chi connectivity index (χ0n) is 14.0. The van der Waals surface area contributed by atoms with Gasteiger partial charge in [-0.1, -0.05) is 30.7 Å². The summed E-state index contributed by atoms with van der Waals surface area (Å²) >= 11 is 0. The summed E-state index contributed by atoms with van der Waals surface area (Å²) < 4.78 is 0. The largest absolute Gasteiger partial charge is 0.349 e. The monoisotopic (exact) mass is 324 g/mol. The molecule has 126 valence electrons. The Bertz CT molecular complexity index is 731. The van der Waals surface area contributed by atoms with Gasteiger partial charge in [0.1, 0.15) is 5.69 Å². The van der Waals surface area contributed by atoms with Crippen molar-refractivity contribution in [2.24, 2.45) is 0 Å². The molecule has 24 heavy (non-hydrogen) atoms. The Balaban J connectivity index is 1.42. The second kappa shape index (κ2) is 6.77. The number of hydrogen-bond donors (Lipinski definition) is 2. The first-order valence-corrected chi connectivity index (χ1v) is 8.99. The van der Waals surface area contributed by atoms with Crippen LogP contribution in [0.1, 0.15) is 40.9 Å². The Hall–Kier alpha value is -2.14. The van der Waals surface area contributed by atoms with Gasteiger partial charge < -0.3 is 10.2 Å². The number of H-pyrrole nitrogens is 1. The van der Waals surface area contributed by atoms with Crippen molar-refractivity contribution in [1.29, 1.82) is 0 Å². The fourth-order valence-corrected chi connectivity index (χ4v) is 3.85. The van der Waals surface area contributed by atoms with Crippen molar-refractivity contribution in [3.05, 3.63) is 41.1 Å². The SMILES string of the molecule is O=C(NCCN1CCCCC1)c1[nH]nc2c1CCc1ccccc1-2. The molecule has 2 N–H and O–H groups in total. The molecule has 4 rings (SSSR count). The van der Waals surface area contributed by atoms with Gasteiger partial charge in [0.15, 0.2) is 0 Å². The smallest absolute Gasteiger partial charge is 0.269 e. The van der Waals surface area contributed by atoms with E-state index >= 15 is 0 Å². The van der Waals surface area contributed by atoms with E-state index in [0.29, 0.717) is 12.2 Å². The fraction of sp³-hybridized carbons (Fsp3) is 0.474. The number of benzene rings is 1. The van der Waals surface area contributed by atoms with E-state index < -0.39 is 0 Å². The molecule has 1 aliphatic carbocycles. The van der Waals surface area contributed by atoms with E-state index in [-0.39, 0.29) is 5.91 Å². The lowest BCUT2D eigenvalue weighted by Gasteiger charge is -2.26. The van der Waals surface area contributed by atoms with Gasteiger partial charge >= 0.3 is 0 Å². The Kier molecular flexibility index (Phi) is 4.34. The van der Waals surface area contributed by atoms with Gasteiger partial charge in [-0.3, -0.25) is 9.89 Å². The summed E-state index contributed by atoms with van der Waals surface area (Å²) in [5.41, 5.74) is 5.11. The van der Waals surface area contributed by atoms with Crippen molar-refractivity contribution in [2.75, 3.05) is 26.2 Å². The first-order chi connectivity index (χ1) is 11.8. The van der Waals surface area contributed by atoms with Crippen molar-refractivity contribution >= 4 is 5.91 Å². The van der Waals surface area contributed by atoms with Crippen LogP contribution in [0.2, 0.25) is 0 Å². The number of fused-ring (bicyclic) bond motifs is 3. The molecule has 2 aromatic rings.